The van der Waals surface area contributed by atoms with Gasteiger partial charge in [0.15, 0.2) is 11.5 Å². The monoisotopic (exact) mass is 524 g/mol. The summed E-state index contributed by atoms with van der Waals surface area (Å²) < 4.78 is 16.1. The first-order valence-corrected chi connectivity index (χ1v) is 11.7. The Hall–Kier alpha value is -3.81. The van der Waals surface area contributed by atoms with Gasteiger partial charge in [0.1, 0.15) is 6.04 Å². The number of para-hydroxylation sites is 2. The highest BCUT2D eigenvalue weighted by molar-refractivity contribution is 6.39. The van der Waals surface area contributed by atoms with Gasteiger partial charge in [-0.2, -0.15) is 0 Å². The first kappa shape index (κ1) is 25.3. The zero-order chi connectivity index (χ0) is 25.7. The van der Waals surface area contributed by atoms with Crippen LogP contribution in [-0.4, -0.2) is 37.1 Å². The number of esters is 1. The lowest BCUT2D eigenvalue weighted by molar-refractivity contribution is -0.142. The van der Waals surface area contributed by atoms with E-state index in [4.69, 9.17) is 37.4 Å². The third-order valence-corrected chi connectivity index (χ3v) is 6.06. The fourth-order valence-corrected chi connectivity index (χ4v) is 4.24. The number of rotatable bonds is 8. The number of benzene rings is 3. The minimum Gasteiger partial charge on any atom is -0.493 e. The topological polar surface area (TPSA) is 86.8 Å². The molecule has 7 nitrogen and oxygen atoms in total. The highest BCUT2D eigenvalue weighted by Crippen LogP contribution is 2.31. The molecule has 9 heteroatoms. The number of nitrogens with one attached hydrogen (secondary N) is 1. The molecule has 0 aliphatic carbocycles. The van der Waals surface area contributed by atoms with Crippen molar-refractivity contribution in [2.75, 3.05) is 14.2 Å². The van der Waals surface area contributed by atoms with E-state index in [1.54, 1.807) is 43.5 Å². The number of carbonyl (C=O) groups is 2. The second-order valence-corrected chi connectivity index (χ2v) is 8.59. The van der Waals surface area contributed by atoms with E-state index in [2.05, 4.69) is 10.3 Å². The maximum absolute atomic E-state index is 12.8. The van der Waals surface area contributed by atoms with E-state index in [1.807, 2.05) is 36.4 Å². The van der Waals surface area contributed by atoms with Crippen molar-refractivity contribution < 1.29 is 23.8 Å². The number of carbonyl (C=O) groups excluding carboxylic acids is 2. The lowest BCUT2D eigenvalue weighted by Crippen LogP contribution is -2.43. The molecule has 4 aromatic rings. The molecule has 1 unspecified atom stereocenters. The van der Waals surface area contributed by atoms with Gasteiger partial charge in [0.25, 0.3) is 5.91 Å². The summed E-state index contributed by atoms with van der Waals surface area (Å²) in [6, 6.07) is 20.2. The van der Waals surface area contributed by atoms with Crippen LogP contribution in [0.4, 0.5) is 0 Å². The average Bonchev–Trinajstić information content (AvgIpc) is 2.88. The molecule has 0 saturated heterocycles. The molecule has 0 spiro atoms. The highest BCUT2D eigenvalue weighted by Gasteiger charge is 2.25. The van der Waals surface area contributed by atoms with E-state index in [-0.39, 0.29) is 22.0 Å². The van der Waals surface area contributed by atoms with Crippen LogP contribution in [0.3, 0.4) is 0 Å². The minimum absolute atomic E-state index is 0.0972. The lowest BCUT2D eigenvalue weighted by atomic mass is 10.0. The van der Waals surface area contributed by atoms with Gasteiger partial charge in [-0.15, -0.1) is 0 Å². The number of ether oxygens (including phenoxy) is 3. The third-order valence-electron chi connectivity index (χ3n) is 5.43. The van der Waals surface area contributed by atoms with Crippen molar-refractivity contribution in [3.8, 4) is 17.4 Å². The lowest BCUT2D eigenvalue weighted by Gasteiger charge is -2.18. The van der Waals surface area contributed by atoms with Gasteiger partial charge in [0, 0.05) is 17.9 Å². The highest BCUT2D eigenvalue weighted by atomic mass is 35.5. The first-order chi connectivity index (χ1) is 17.4. The molecule has 3 aromatic carbocycles. The van der Waals surface area contributed by atoms with Crippen molar-refractivity contribution >= 4 is 46.0 Å². The molecule has 0 bridgehead atoms. The summed E-state index contributed by atoms with van der Waals surface area (Å²) >= 11 is 12.3. The number of fused-ring (bicyclic) bond motifs is 1. The average molecular weight is 525 g/mol. The van der Waals surface area contributed by atoms with Crippen LogP contribution in [0, 0.1) is 0 Å². The van der Waals surface area contributed by atoms with Crippen molar-refractivity contribution in [3.05, 3.63) is 94.0 Å². The van der Waals surface area contributed by atoms with Crippen LogP contribution in [0.5, 0.6) is 17.4 Å². The zero-order valence-electron chi connectivity index (χ0n) is 19.5. The molecule has 0 fully saturated rings. The van der Waals surface area contributed by atoms with Gasteiger partial charge in [-0.25, -0.2) is 9.78 Å². The van der Waals surface area contributed by atoms with E-state index in [0.29, 0.717) is 22.9 Å². The van der Waals surface area contributed by atoms with E-state index in [0.717, 1.165) is 10.9 Å². The van der Waals surface area contributed by atoms with Crippen LogP contribution in [0.2, 0.25) is 10.0 Å². The Bertz CT molecular complexity index is 1410. The van der Waals surface area contributed by atoms with Crippen molar-refractivity contribution in [1.82, 2.24) is 10.3 Å². The predicted octanol–water partition coefficient (Wildman–Crippen LogP) is 5.86. The standard InChI is InChI=1S/C27H22Cl2N2O5/c1-34-22-8-3-4-9-23(22)36-24-13-11-17-14-16(10-12-20(17)30-24)15-21(27(33)35-2)31-26(32)25-18(28)6-5-7-19(25)29/h3-14,21H,15H2,1-2H3,(H,31,32). The van der Waals surface area contributed by atoms with Gasteiger partial charge < -0.3 is 19.5 Å². The largest absolute Gasteiger partial charge is 0.493 e. The van der Waals surface area contributed by atoms with Crippen LogP contribution in [0.15, 0.2) is 72.8 Å². The SMILES string of the molecule is COC(=O)C(Cc1ccc2nc(Oc3ccccc3OC)ccc2c1)NC(=O)c1c(Cl)cccc1Cl. The van der Waals surface area contributed by atoms with Crippen molar-refractivity contribution in [2.45, 2.75) is 12.5 Å². The fourth-order valence-electron chi connectivity index (χ4n) is 3.67. The van der Waals surface area contributed by atoms with Gasteiger partial charge in [0.2, 0.25) is 5.88 Å². The van der Waals surface area contributed by atoms with Gasteiger partial charge in [-0.05, 0) is 48.0 Å². The van der Waals surface area contributed by atoms with Crippen LogP contribution in [-0.2, 0) is 16.0 Å². The Morgan fingerprint density at radius 2 is 1.64 bits per heavy atom. The molecular weight excluding hydrogens is 503 g/mol. The zero-order valence-corrected chi connectivity index (χ0v) is 21.0. The molecule has 0 aliphatic heterocycles. The van der Waals surface area contributed by atoms with E-state index < -0.39 is 17.9 Å². The van der Waals surface area contributed by atoms with Gasteiger partial charge in [0.05, 0.1) is 35.3 Å². The van der Waals surface area contributed by atoms with Crippen molar-refractivity contribution in [2.24, 2.45) is 0 Å². The Morgan fingerprint density at radius 1 is 0.917 bits per heavy atom. The normalized spacial score (nSPS) is 11.6. The second-order valence-electron chi connectivity index (χ2n) is 7.78. The number of amides is 1. The van der Waals surface area contributed by atoms with E-state index in [1.165, 1.54) is 7.11 Å². The Kier molecular flexibility index (Phi) is 7.93. The molecule has 1 heterocycles. The summed E-state index contributed by atoms with van der Waals surface area (Å²) in [7, 11) is 2.84. The molecule has 0 saturated carbocycles. The number of hydrogen-bond acceptors (Lipinski definition) is 6. The molecule has 1 N–H and O–H groups in total. The van der Waals surface area contributed by atoms with E-state index in [9.17, 15) is 9.59 Å². The summed E-state index contributed by atoms with van der Waals surface area (Å²) in [5.41, 5.74) is 1.59. The molecule has 1 amide bonds. The van der Waals surface area contributed by atoms with E-state index >= 15 is 0 Å². The molecule has 0 radical (unpaired) electrons. The maximum Gasteiger partial charge on any atom is 0.328 e. The summed E-state index contributed by atoms with van der Waals surface area (Å²) in [6.07, 6.45) is 0.190. The molecule has 184 valence electrons. The van der Waals surface area contributed by atoms with Crippen LogP contribution < -0.4 is 14.8 Å². The quantitative estimate of drug-likeness (QED) is 0.290. The van der Waals surface area contributed by atoms with Crippen LogP contribution in [0.1, 0.15) is 15.9 Å². The molecule has 1 atom stereocenters. The fraction of sp³-hybridized carbons (Fsp3) is 0.148. The minimum atomic E-state index is -0.951. The Balaban J connectivity index is 1.54. The van der Waals surface area contributed by atoms with Crippen LogP contribution in [0.25, 0.3) is 10.9 Å². The molecule has 0 aliphatic rings. The number of halogens is 2. The maximum atomic E-state index is 12.8. The molecular formula is C27H22Cl2N2O5. The van der Waals surface area contributed by atoms with Gasteiger partial charge in [-0.1, -0.05) is 47.5 Å². The molecule has 36 heavy (non-hydrogen) atoms. The summed E-state index contributed by atoms with van der Waals surface area (Å²) in [5, 5.41) is 3.89. The number of aromatic nitrogens is 1. The van der Waals surface area contributed by atoms with Crippen molar-refractivity contribution in [3.63, 3.8) is 0 Å². The first-order valence-electron chi connectivity index (χ1n) is 10.9. The predicted molar refractivity (Wildman–Crippen MR) is 138 cm³/mol. The summed E-state index contributed by atoms with van der Waals surface area (Å²) in [4.78, 5) is 29.8. The number of hydrogen-bond donors (Lipinski definition) is 1. The molecule has 4 rings (SSSR count). The van der Waals surface area contributed by atoms with Crippen LogP contribution >= 0.6 is 23.2 Å². The van der Waals surface area contributed by atoms with Gasteiger partial charge in [-0.3, -0.25) is 4.79 Å². The third kappa shape index (κ3) is 5.70. The number of pyridine rings is 1. The smallest absolute Gasteiger partial charge is 0.328 e. The molecule has 1 aromatic heterocycles. The second kappa shape index (κ2) is 11.3. The number of methoxy groups -OCH3 is 2. The summed E-state index contributed by atoms with van der Waals surface area (Å²) in [5.74, 6) is 0.408. The van der Waals surface area contributed by atoms with Crippen molar-refractivity contribution in [1.29, 1.82) is 0 Å². The Morgan fingerprint density at radius 3 is 2.33 bits per heavy atom. The Labute approximate surface area is 217 Å². The summed E-state index contributed by atoms with van der Waals surface area (Å²) in [6.45, 7) is 0. The van der Waals surface area contributed by atoms with Gasteiger partial charge >= 0.3 is 5.97 Å². The number of nitrogens with zero attached hydrogens (tertiary/aromatic N) is 1.